The van der Waals surface area contributed by atoms with Crippen molar-refractivity contribution in [1.29, 1.82) is 0 Å². The van der Waals surface area contributed by atoms with Crippen molar-refractivity contribution < 1.29 is 22.7 Å². The Bertz CT molecular complexity index is 918. The molecule has 2 aliphatic rings. The zero-order valence-electron chi connectivity index (χ0n) is 14.4. The number of ether oxygens (including phenoxy) is 2. The van der Waals surface area contributed by atoms with Crippen LogP contribution in [0.15, 0.2) is 46.5 Å². The molecule has 26 heavy (non-hydrogen) atoms. The fraction of sp³-hybridized carbons (Fsp3) is 0.294. The van der Waals surface area contributed by atoms with Gasteiger partial charge in [0.1, 0.15) is 17.3 Å². The number of hydrogen-bond donors (Lipinski definition) is 1. The van der Waals surface area contributed by atoms with E-state index in [9.17, 15) is 13.2 Å². The number of amidine groups is 1. The standard InChI is InChI=1S/C17H19N3O5S/c1-24-14-4-5-15(25-2)13(9-14)10-18-17(21)12-3-6-16-19-26(22,23)8-7-20(16)11-12/h3-6,9,11H,7-8,10H2,1-2H3,(H,18,21). The molecule has 0 saturated heterocycles. The Hall–Kier alpha value is -2.81. The highest BCUT2D eigenvalue weighted by molar-refractivity contribution is 7.90. The number of nitrogens with one attached hydrogen (secondary N) is 1. The monoisotopic (exact) mass is 377 g/mol. The van der Waals surface area contributed by atoms with E-state index in [-0.39, 0.29) is 24.7 Å². The van der Waals surface area contributed by atoms with Crippen molar-refractivity contribution in [2.24, 2.45) is 4.40 Å². The maximum atomic E-state index is 12.4. The third kappa shape index (κ3) is 3.88. The van der Waals surface area contributed by atoms with Gasteiger partial charge in [-0.2, -0.15) is 0 Å². The molecule has 2 aliphatic heterocycles. The first kappa shape index (κ1) is 18.0. The predicted molar refractivity (Wildman–Crippen MR) is 96.5 cm³/mol. The molecule has 1 aromatic rings. The highest BCUT2D eigenvalue weighted by Gasteiger charge is 2.25. The summed E-state index contributed by atoms with van der Waals surface area (Å²) in [5.41, 5.74) is 1.21. The molecular formula is C17H19N3O5S. The summed E-state index contributed by atoms with van der Waals surface area (Å²) in [5, 5.41) is 2.83. The summed E-state index contributed by atoms with van der Waals surface area (Å²) in [7, 11) is -0.282. The minimum absolute atomic E-state index is 0.0727. The van der Waals surface area contributed by atoms with Crippen LogP contribution in [0.4, 0.5) is 0 Å². The van der Waals surface area contributed by atoms with Crippen LogP contribution < -0.4 is 14.8 Å². The van der Waals surface area contributed by atoms with Crippen LogP contribution >= 0.6 is 0 Å². The third-order valence-corrected chi connectivity index (χ3v) is 5.18. The lowest BCUT2D eigenvalue weighted by molar-refractivity contribution is -0.117. The van der Waals surface area contributed by atoms with Crippen LogP contribution in [0, 0.1) is 0 Å². The lowest BCUT2D eigenvalue weighted by atomic mass is 10.1. The topological polar surface area (TPSA) is 97.3 Å². The van der Waals surface area contributed by atoms with E-state index in [1.807, 2.05) is 0 Å². The smallest absolute Gasteiger partial charge is 0.256 e. The minimum Gasteiger partial charge on any atom is -0.497 e. The molecule has 2 heterocycles. The Balaban J connectivity index is 1.70. The molecule has 1 N–H and O–H groups in total. The zero-order chi connectivity index (χ0) is 18.7. The summed E-state index contributed by atoms with van der Waals surface area (Å²) in [6.45, 7) is 0.533. The Kier molecular flexibility index (Phi) is 4.99. The molecule has 0 fully saturated rings. The normalized spacial score (nSPS) is 17.7. The van der Waals surface area contributed by atoms with Crippen LogP contribution in [0.1, 0.15) is 5.56 Å². The maximum Gasteiger partial charge on any atom is 0.256 e. The van der Waals surface area contributed by atoms with Crippen LogP contribution in [0.2, 0.25) is 0 Å². The molecule has 0 unspecified atom stereocenters. The lowest BCUT2D eigenvalue weighted by Gasteiger charge is -2.27. The second-order valence-corrected chi connectivity index (χ2v) is 7.46. The van der Waals surface area contributed by atoms with Gasteiger partial charge < -0.3 is 19.7 Å². The molecular weight excluding hydrogens is 358 g/mol. The molecule has 0 radical (unpaired) electrons. The van der Waals surface area contributed by atoms with Crippen molar-refractivity contribution in [3.8, 4) is 11.5 Å². The number of benzene rings is 1. The first-order chi connectivity index (χ1) is 12.4. The molecule has 1 amide bonds. The van der Waals surface area contributed by atoms with Gasteiger partial charge in [0.2, 0.25) is 0 Å². The first-order valence-corrected chi connectivity index (χ1v) is 9.51. The van der Waals surface area contributed by atoms with E-state index in [1.165, 1.54) is 6.08 Å². The van der Waals surface area contributed by atoms with Gasteiger partial charge in [0.05, 0.1) is 25.5 Å². The van der Waals surface area contributed by atoms with Crippen molar-refractivity contribution in [3.05, 3.63) is 47.7 Å². The van der Waals surface area contributed by atoms with Gasteiger partial charge in [0.15, 0.2) is 0 Å². The Morgan fingerprint density at radius 3 is 2.81 bits per heavy atom. The van der Waals surface area contributed by atoms with E-state index in [0.717, 1.165) is 5.56 Å². The summed E-state index contributed by atoms with van der Waals surface area (Å²) < 4.78 is 37.2. The van der Waals surface area contributed by atoms with Crippen molar-refractivity contribution in [3.63, 3.8) is 0 Å². The fourth-order valence-electron chi connectivity index (χ4n) is 2.63. The second kappa shape index (κ2) is 7.20. The van der Waals surface area contributed by atoms with Gasteiger partial charge >= 0.3 is 0 Å². The van der Waals surface area contributed by atoms with Gasteiger partial charge in [-0.15, -0.1) is 4.40 Å². The summed E-state index contributed by atoms with van der Waals surface area (Å²) in [5.74, 6) is 1.29. The van der Waals surface area contributed by atoms with Crippen molar-refractivity contribution >= 4 is 21.8 Å². The fourth-order valence-corrected chi connectivity index (χ4v) is 3.60. The molecule has 8 nitrogen and oxygen atoms in total. The number of carbonyl (C=O) groups excluding carboxylic acids is 1. The molecule has 138 valence electrons. The largest absolute Gasteiger partial charge is 0.497 e. The number of carbonyl (C=O) groups is 1. The van der Waals surface area contributed by atoms with E-state index in [4.69, 9.17) is 9.47 Å². The minimum atomic E-state index is -3.41. The number of hydrogen-bond acceptors (Lipinski definition) is 6. The third-order valence-electron chi connectivity index (χ3n) is 4.01. The van der Waals surface area contributed by atoms with Crippen molar-refractivity contribution in [2.75, 3.05) is 26.5 Å². The lowest BCUT2D eigenvalue weighted by Crippen LogP contribution is -2.38. The van der Waals surface area contributed by atoms with E-state index in [2.05, 4.69) is 9.71 Å². The van der Waals surface area contributed by atoms with Gasteiger partial charge in [0.25, 0.3) is 15.9 Å². The second-order valence-electron chi connectivity index (χ2n) is 5.71. The summed E-state index contributed by atoms with van der Waals surface area (Å²) in [6, 6.07) is 5.35. The van der Waals surface area contributed by atoms with E-state index < -0.39 is 10.0 Å². The molecule has 9 heteroatoms. The number of methoxy groups -OCH3 is 2. The van der Waals surface area contributed by atoms with Crippen LogP contribution in [0.25, 0.3) is 0 Å². The van der Waals surface area contributed by atoms with Crippen LogP contribution in [-0.2, 0) is 21.4 Å². The van der Waals surface area contributed by atoms with E-state index in [0.29, 0.717) is 22.9 Å². The molecule has 0 spiro atoms. The average Bonchev–Trinajstić information content (AvgIpc) is 2.64. The van der Waals surface area contributed by atoms with Crippen LogP contribution in [0.5, 0.6) is 11.5 Å². The highest BCUT2D eigenvalue weighted by atomic mass is 32.2. The van der Waals surface area contributed by atoms with Crippen molar-refractivity contribution in [1.82, 2.24) is 10.2 Å². The van der Waals surface area contributed by atoms with Gasteiger partial charge in [-0.25, -0.2) is 8.42 Å². The molecule has 1 aromatic carbocycles. The molecule has 0 saturated carbocycles. The summed E-state index contributed by atoms with van der Waals surface area (Å²) >= 11 is 0. The molecule has 0 bridgehead atoms. The molecule has 0 aliphatic carbocycles. The molecule has 0 aromatic heterocycles. The van der Waals surface area contributed by atoms with Crippen molar-refractivity contribution in [2.45, 2.75) is 6.54 Å². The van der Waals surface area contributed by atoms with E-state index in [1.54, 1.807) is 49.6 Å². The van der Waals surface area contributed by atoms with Crippen LogP contribution in [0.3, 0.4) is 0 Å². The van der Waals surface area contributed by atoms with Gasteiger partial charge in [-0.3, -0.25) is 4.79 Å². The Morgan fingerprint density at radius 2 is 2.08 bits per heavy atom. The van der Waals surface area contributed by atoms with Gasteiger partial charge in [-0.05, 0) is 30.4 Å². The molecule has 0 atom stereocenters. The molecule has 3 rings (SSSR count). The Labute approximate surface area is 151 Å². The SMILES string of the molecule is COc1ccc(OC)c(CNC(=O)C2=CN3CCS(=O)(=O)N=C3C=C2)c1. The zero-order valence-corrected chi connectivity index (χ0v) is 15.2. The first-order valence-electron chi connectivity index (χ1n) is 7.90. The number of amides is 1. The van der Waals surface area contributed by atoms with Gasteiger partial charge in [-0.1, -0.05) is 0 Å². The highest BCUT2D eigenvalue weighted by Crippen LogP contribution is 2.24. The number of sulfonamides is 1. The Morgan fingerprint density at radius 1 is 1.27 bits per heavy atom. The quantitative estimate of drug-likeness (QED) is 0.816. The maximum absolute atomic E-state index is 12.4. The van der Waals surface area contributed by atoms with Gasteiger partial charge in [0, 0.05) is 24.9 Å². The number of fused-ring (bicyclic) bond motifs is 1. The van der Waals surface area contributed by atoms with Crippen LogP contribution in [-0.4, -0.2) is 51.6 Å². The predicted octanol–water partition coefficient (Wildman–Crippen LogP) is 0.818. The number of rotatable bonds is 5. The average molecular weight is 377 g/mol. The van der Waals surface area contributed by atoms with E-state index >= 15 is 0 Å². The summed E-state index contributed by atoms with van der Waals surface area (Å²) in [4.78, 5) is 14.1. The summed E-state index contributed by atoms with van der Waals surface area (Å²) in [6.07, 6.45) is 4.68. The number of nitrogens with zero attached hydrogens (tertiary/aromatic N) is 2.